The Bertz CT molecular complexity index is 987. The molecule has 0 saturated carbocycles. The first-order chi connectivity index (χ1) is 12.2. The molecule has 1 aliphatic rings. The number of Topliss-reactive ketones (excluding diaryl/α,β-unsaturated/α-hetero) is 1. The number of carbonyl (C=O) groups is 2. The second kappa shape index (κ2) is 6.71. The molecule has 0 amide bonds. The van der Waals surface area contributed by atoms with Gasteiger partial charge >= 0.3 is 0 Å². The van der Waals surface area contributed by atoms with E-state index in [1.165, 1.54) is 42.5 Å². The maximum Gasteiger partial charge on any atom is 0.201 e. The van der Waals surface area contributed by atoms with Crippen LogP contribution in [-0.4, -0.2) is 31.6 Å². The lowest BCUT2D eigenvalue weighted by Gasteiger charge is -2.13. The number of nitrogens with two attached hydrogens (primary N) is 1. The number of halogens is 1. The van der Waals surface area contributed by atoms with Crippen molar-refractivity contribution in [3.63, 3.8) is 0 Å². The van der Waals surface area contributed by atoms with Gasteiger partial charge in [0.1, 0.15) is 11.9 Å². The Hall–Kier alpha value is -2.42. The van der Waals surface area contributed by atoms with Gasteiger partial charge in [0.25, 0.3) is 0 Å². The SMILES string of the molecule is NC(C(=O)c1ccc2c(c1)CC(C(=O)[O-])O2)S(=O)(=O)c1ccc(Cl)cc1. The summed E-state index contributed by atoms with van der Waals surface area (Å²) >= 11 is 5.74. The van der Waals surface area contributed by atoms with Gasteiger partial charge in [-0.15, -0.1) is 0 Å². The third kappa shape index (κ3) is 3.31. The van der Waals surface area contributed by atoms with E-state index in [0.717, 1.165) is 0 Å². The van der Waals surface area contributed by atoms with Crippen LogP contribution in [0.3, 0.4) is 0 Å². The van der Waals surface area contributed by atoms with Gasteiger partial charge in [0, 0.05) is 17.0 Å². The third-order valence-electron chi connectivity index (χ3n) is 4.02. The molecule has 0 fully saturated rings. The number of sulfone groups is 1. The maximum atomic E-state index is 12.5. The van der Waals surface area contributed by atoms with Gasteiger partial charge in [-0.3, -0.25) is 4.79 Å². The molecule has 1 heterocycles. The fourth-order valence-corrected chi connectivity index (χ4v) is 3.96. The van der Waals surface area contributed by atoms with Crippen LogP contribution < -0.4 is 15.6 Å². The summed E-state index contributed by atoms with van der Waals surface area (Å²) < 4.78 is 30.2. The van der Waals surface area contributed by atoms with Crippen LogP contribution >= 0.6 is 11.6 Å². The minimum Gasteiger partial charge on any atom is -0.546 e. The lowest BCUT2D eigenvalue weighted by Crippen LogP contribution is -2.38. The highest BCUT2D eigenvalue weighted by atomic mass is 35.5. The first kappa shape index (κ1) is 18.4. The van der Waals surface area contributed by atoms with Crippen molar-refractivity contribution in [2.45, 2.75) is 22.8 Å². The van der Waals surface area contributed by atoms with Gasteiger partial charge in [0.15, 0.2) is 11.2 Å². The number of carboxylic acid groups (broad SMARTS) is 1. The van der Waals surface area contributed by atoms with Crippen molar-refractivity contribution in [3.8, 4) is 5.75 Å². The molecule has 26 heavy (non-hydrogen) atoms. The number of hydrogen-bond donors (Lipinski definition) is 1. The summed E-state index contributed by atoms with van der Waals surface area (Å²) in [5, 5.41) is 9.44. The van der Waals surface area contributed by atoms with Gasteiger partial charge in [0.2, 0.25) is 9.84 Å². The van der Waals surface area contributed by atoms with E-state index in [1.54, 1.807) is 0 Å². The fourth-order valence-electron chi connectivity index (χ4n) is 2.61. The molecule has 2 aromatic carbocycles. The van der Waals surface area contributed by atoms with Gasteiger partial charge in [-0.2, -0.15) is 0 Å². The number of carbonyl (C=O) groups excluding carboxylic acids is 2. The van der Waals surface area contributed by atoms with Crippen LogP contribution in [0, 0.1) is 0 Å². The third-order valence-corrected chi connectivity index (χ3v) is 6.08. The van der Waals surface area contributed by atoms with Gasteiger partial charge < -0.3 is 20.4 Å². The number of benzene rings is 2. The molecule has 2 atom stereocenters. The second-order valence-electron chi connectivity index (χ2n) is 5.74. The topological polar surface area (TPSA) is 127 Å². The van der Waals surface area contributed by atoms with Crippen LogP contribution in [0.25, 0.3) is 0 Å². The predicted octanol–water partition coefficient (Wildman–Crippen LogP) is 0.335. The fraction of sp³-hybridized carbons (Fsp3) is 0.176. The second-order valence-corrected chi connectivity index (χ2v) is 8.24. The van der Waals surface area contributed by atoms with Gasteiger partial charge in [-0.25, -0.2) is 8.42 Å². The minimum absolute atomic E-state index is 0.0258. The summed E-state index contributed by atoms with van der Waals surface area (Å²) in [5.74, 6) is -1.86. The highest BCUT2D eigenvalue weighted by Crippen LogP contribution is 2.30. The maximum absolute atomic E-state index is 12.5. The number of fused-ring (bicyclic) bond motifs is 1. The molecule has 7 nitrogen and oxygen atoms in total. The molecule has 136 valence electrons. The summed E-state index contributed by atoms with van der Waals surface area (Å²) in [5.41, 5.74) is 6.24. The molecule has 3 rings (SSSR count). The van der Waals surface area contributed by atoms with Crippen LogP contribution in [-0.2, 0) is 21.1 Å². The monoisotopic (exact) mass is 394 g/mol. The van der Waals surface area contributed by atoms with Crippen molar-refractivity contribution in [1.82, 2.24) is 0 Å². The van der Waals surface area contributed by atoms with E-state index in [4.69, 9.17) is 22.1 Å². The summed E-state index contributed by atoms with van der Waals surface area (Å²) in [6.07, 6.45) is -1.11. The molecular formula is C17H13ClNO6S-. The number of carboxylic acids is 1. The van der Waals surface area contributed by atoms with Crippen LogP contribution in [0.2, 0.25) is 5.02 Å². The standard InChI is InChI=1S/C17H14ClNO6S/c18-11-2-4-12(5-3-11)26(23,24)16(19)15(20)9-1-6-13-10(7-9)8-14(25-13)17(21)22/h1-7,14,16H,8,19H2,(H,21,22)/p-1. The number of hydrogen-bond acceptors (Lipinski definition) is 7. The lowest BCUT2D eigenvalue weighted by atomic mass is 10.0. The number of ether oxygens (including phenoxy) is 1. The van der Waals surface area contributed by atoms with Crippen molar-refractivity contribution in [2.24, 2.45) is 5.73 Å². The molecule has 2 N–H and O–H groups in total. The van der Waals surface area contributed by atoms with Gasteiger partial charge in [-0.05, 0) is 48.0 Å². The van der Waals surface area contributed by atoms with Crippen LogP contribution in [0.4, 0.5) is 0 Å². The average molecular weight is 395 g/mol. The highest BCUT2D eigenvalue weighted by molar-refractivity contribution is 7.92. The molecule has 0 aliphatic carbocycles. The summed E-state index contributed by atoms with van der Waals surface area (Å²) in [6, 6.07) is 9.45. The van der Waals surface area contributed by atoms with Gasteiger partial charge in [-0.1, -0.05) is 11.6 Å². The normalized spacial score (nSPS) is 17.2. The van der Waals surface area contributed by atoms with Crippen molar-refractivity contribution in [1.29, 1.82) is 0 Å². The van der Waals surface area contributed by atoms with E-state index in [2.05, 4.69) is 0 Å². The Kier molecular flexibility index (Phi) is 4.74. The van der Waals surface area contributed by atoms with E-state index in [9.17, 15) is 23.1 Å². The summed E-state index contributed by atoms with van der Waals surface area (Å²) in [6.45, 7) is 0. The highest BCUT2D eigenvalue weighted by Gasteiger charge is 2.32. The Morgan fingerprint density at radius 1 is 1.19 bits per heavy atom. The molecule has 0 saturated heterocycles. The Morgan fingerprint density at radius 2 is 1.85 bits per heavy atom. The molecule has 1 aliphatic heterocycles. The van der Waals surface area contributed by atoms with Crippen molar-refractivity contribution in [2.75, 3.05) is 0 Å². The summed E-state index contributed by atoms with van der Waals surface area (Å²) in [7, 11) is -4.11. The number of rotatable bonds is 5. The smallest absolute Gasteiger partial charge is 0.201 e. The number of aliphatic carboxylic acids is 1. The zero-order valence-electron chi connectivity index (χ0n) is 13.2. The predicted molar refractivity (Wildman–Crippen MR) is 90.5 cm³/mol. The zero-order valence-corrected chi connectivity index (χ0v) is 14.8. The molecule has 2 unspecified atom stereocenters. The molecule has 2 aromatic rings. The lowest BCUT2D eigenvalue weighted by molar-refractivity contribution is -0.312. The van der Waals surface area contributed by atoms with Crippen LogP contribution in [0.5, 0.6) is 5.75 Å². The Labute approximate surface area is 154 Å². The minimum atomic E-state index is -4.11. The molecule has 0 spiro atoms. The van der Waals surface area contributed by atoms with Gasteiger partial charge in [0.05, 0.1) is 10.9 Å². The molecule has 0 aromatic heterocycles. The molecule has 0 radical (unpaired) electrons. The molecule has 0 bridgehead atoms. The van der Waals surface area contributed by atoms with Crippen LogP contribution in [0.15, 0.2) is 47.4 Å². The largest absolute Gasteiger partial charge is 0.546 e. The Balaban J connectivity index is 1.87. The zero-order chi connectivity index (χ0) is 19.1. The van der Waals surface area contributed by atoms with Crippen molar-refractivity contribution < 1.29 is 27.9 Å². The van der Waals surface area contributed by atoms with Crippen molar-refractivity contribution >= 4 is 33.2 Å². The molecular weight excluding hydrogens is 382 g/mol. The average Bonchev–Trinajstić information content (AvgIpc) is 3.04. The molecule has 9 heteroatoms. The summed E-state index contributed by atoms with van der Waals surface area (Å²) in [4.78, 5) is 23.3. The van der Waals surface area contributed by atoms with Crippen molar-refractivity contribution in [3.05, 3.63) is 58.6 Å². The quantitative estimate of drug-likeness (QED) is 0.724. The van der Waals surface area contributed by atoms with E-state index in [-0.39, 0.29) is 16.9 Å². The first-order valence-corrected chi connectivity index (χ1v) is 9.42. The van der Waals surface area contributed by atoms with E-state index >= 15 is 0 Å². The first-order valence-electron chi connectivity index (χ1n) is 7.50. The van der Waals surface area contributed by atoms with E-state index < -0.39 is 33.1 Å². The Morgan fingerprint density at radius 3 is 2.46 bits per heavy atom. The number of ketones is 1. The van der Waals surface area contributed by atoms with E-state index in [1.807, 2.05) is 0 Å². The van der Waals surface area contributed by atoms with E-state index in [0.29, 0.717) is 16.3 Å². The van der Waals surface area contributed by atoms with Crippen LogP contribution in [0.1, 0.15) is 15.9 Å².